The van der Waals surface area contributed by atoms with Crippen LogP contribution in [0.2, 0.25) is 0 Å². The van der Waals surface area contributed by atoms with Crippen molar-refractivity contribution in [2.45, 2.75) is 32.4 Å². The number of hydrogen-bond acceptors (Lipinski definition) is 2. The van der Waals surface area contributed by atoms with Gasteiger partial charge in [-0.25, -0.2) is 4.79 Å². The summed E-state index contributed by atoms with van der Waals surface area (Å²) in [6.07, 6.45) is 2.24. The lowest BCUT2D eigenvalue weighted by Gasteiger charge is -2.14. The first-order valence-electron chi connectivity index (χ1n) is 4.23. The van der Waals surface area contributed by atoms with Gasteiger partial charge in [0.15, 0.2) is 0 Å². The van der Waals surface area contributed by atoms with Crippen molar-refractivity contribution in [2.75, 3.05) is 0 Å². The molecule has 0 spiro atoms. The number of nitrogens with one attached hydrogen (secondary N) is 1. The lowest BCUT2D eigenvalue weighted by Crippen LogP contribution is -2.29. The Morgan fingerprint density at radius 2 is 2.42 bits per heavy atom. The van der Waals surface area contributed by atoms with Crippen molar-refractivity contribution >= 4 is 6.09 Å². The summed E-state index contributed by atoms with van der Waals surface area (Å²) in [6, 6.07) is -0.0140. The molecule has 1 aliphatic rings. The van der Waals surface area contributed by atoms with Gasteiger partial charge in [0.1, 0.15) is 6.10 Å². The van der Waals surface area contributed by atoms with Crippen LogP contribution in [-0.2, 0) is 4.74 Å². The third kappa shape index (κ3) is 2.00. The van der Waals surface area contributed by atoms with Gasteiger partial charge in [0.2, 0.25) is 0 Å². The maximum Gasteiger partial charge on any atom is 0.408 e. The maximum absolute atomic E-state index is 10.8. The monoisotopic (exact) mass is 169 g/mol. The molecule has 2 atom stereocenters. The number of amides is 1. The highest BCUT2D eigenvalue weighted by atomic mass is 16.6. The SMILES string of the molecule is C=C[C@H]1NC(=O)O[C@H]1CC(C)C. The van der Waals surface area contributed by atoms with Gasteiger partial charge < -0.3 is 10.1 Å². The third-order valence-corrected chi connectivity index (χ3v) is 1.90. The number of cyclic esters (lactones) is 1. The molecule has 1 fully saturated rings. The molecule has 0 aliphatic carbocycles. The molecule has 0 aromatic carbocycles. The molecule has 1 amide bonds. The first-order valence-corrected chi connectivity index (χ1v) is 4.23. The molecule has 0 aromatic heterocycles. The Morgan fingerprint density at radius 3 is 2.92 bits per heavy atom. The second-order valence-corrected chi connectivity index (χ2v) is 3.48. The summed E-state index contributed by atoms with van der Waals surface area (Å²) in [5, 5.41) is 2.68. The fourth-order valence-electron chi connectivity index (χ4n) is 1.34. The van der Waals surface area contributed by atoms with E-state index in [1.807, 2.05) is 0 Å². The van der Waals surface area contributed by atoms with Crippen LogP contribution in [0.25, 0.3) is 0 Å². The highest BCUT2D eigenvalue weighted by Crippen LogP contribution is 2.17. The van der Waals surface area contributed by atoms with Gasteiger partial charge in [-0.3, -0.25) is 0 Å². The fraction of sp³-hybridized carbons (Fsp3) is 0.667. The van der Waals surface area contributed by atoms with Crippen molar-refractivity contribution in [3.05, 3.63) is 12.7 Å². The Balaban J connectivity index is 2.51. The zero-order valence-electron chi connectivity index (χ0n) is 7.54. The second kappa shape index (κ2) is 3.61. The molecule has 12 heavy (non-hydrogen) atoms. The van der Waals surface area contributed by atoms with E-state index in [-0.39, 0.29) is 18.2 Å². The normalized spacial score (nSPS) is 28.4. The molecular formula is C9H15NO2. The van der Waals surface area contributed by atoms with Crippen molar-refractivity contribution in [2.24, 2.45) is 5.92 Å². The van der Waals surface area contributed by atoms with Gasteiger partial charge in [0.05, 0.1) is 6.04 Å². The van der Waals surface area contributed by atoms with E-state index in [0.717, 1.165) is 6.42 Å². The number of alkyl carbamates (subject to hydrolysis) is 1. The Morgan fingerprint density at radius 1 is 1.75 bits per heavy atom. The lowest BCUT2D eigenvalue weighted by molar-refractivity contribution is 0.122. The van der Waals surface area contributed by atoms with E-state index < -0.39 is 0 Å². The third-order valence-electron chi connectivity index (χ3n) is 1.90. The van der Waals surface area contributed by atoms with Crippen LogP contribution < -0.4 is 5.32 Å². The fourth-order valence-corrected chi connectivity index (χ4v) is 1.34. The van der Waals surface area contributed by atoms with Crippen LogP contribution in [0.3, 0.4) is 0 Å². The van der Waals surface area contributed by atoms with Gasteiger partial charge in [-0.2, -0.15) is 0 Å². The van der Waals surface area contributed by atoms with Gasteiger partial charge in [-0.1, -0.05) is 19.9 Å². The van der Waals surface area contributed by atoms with E-state index in [1.54, 1.807) is 6.08 Å². The van der Waals surface area contributed by atoms with Gasteiger partial charge in [0, 0.05) is 0 Å². The van der Waals surface area contributed by atoms with E-state index in [2.05, 4.69) is 25.7 Å². The van der Waals surface area contributed by atoms with E-state index >= 15 is 0 Å². The van der Waals surface area contributed by atoms with E-state index in [0.29, 0.717) is 5.92 Å². The number of ether oxygens (including phenoxy) is 1. The molecule has 1 aliphatic heterocycles. The first-order chi connectivity index (χ1) is 5.63. The van der Waals surface area contributed by atoms with Gasteiger partial charge in [-0.05, 0) is 12.3 Å². The number of carbonyl (C=O) groups is 1. The lowest BCUT2D eigenvalue weighted by atomic mass is 10.0. The minimum atomic E-state index is -0.328. The van der Waals surface area contributed by atoms with Crippen molar-refractivity contribution in [1.29, 1.82) is 0 Å². The Labute approximate surface area is 72.8 Å². The smallest absolute Gasteiger partial charge is 0.408 e. The summed E-state index contributed by atoms with van der Waals surface area (Å²) >= 11 is 0. The Hall–Kier alpha value is -0.990. The average Bonchev–Trinajstić information content (AvgIpc) is 2.29. The highest BCUT2D eigenvalue weighted by Gasteiger charge is 2.31. The van der Waals surface area contributed by atoms with Crippen LogP contribution in [0.1, 0.15) is 20.3 Å². The Kier molecular flexibility index (Phi) is 2.74. The van der Waals surface area contributed by atoms with Gasteiger partial charge in [0.25, 0.3) is 0 Å². The predicted molar refractivity (Wildman–Crippen MR) is 46.8 cm³/mol. The molecule has 0 radical (unpaired) electrons. The maximum atomic E-state index is 10.8. The van der Waals surface area contributed by atoms with Crippen LogP contribution in [0.5, 0.6) is 0 Å². The molecule has 0 unspecified atom stereocenters. The van der Waals surface area contributed by atoms with Gasteiger partial charge in [-0.15, -0.1) is 6.58 Å². The summed E-state index contributed by atoms with van der Waals surface area (Å²) in [7, 11) is 0. The number of carbonyl (C=O) groups excluding carboxylic acids is 1. The topological polar surface area (TPSA) is 38.3 Å². The molecule has 1 rings (SSSR count). The zero-order chi connectivity index (χ0) is 9.14. The standard InChI is InChI=1S/C9H15NO2/c1-4-7-8(5-6(2)3)12-9(11)10-7/h4,6-8H,1,5H2,2-3H3,(H,10,11)/t7-,8+/m1/s1. The molecule has 1 saturated heterocycles. The van der Waals surface area contributed by atoms with Crippen LogP contribution in [0, 0.1) is 5.92 Å². The molecular weight excluding hydrogens is 154 g/mol. The van der Waals surface area contributed by atoms with Crippen molar-refractivity contribution < 1.29 is 9.53 Å². The summed E-state index contributed by atoms with van der Waals surface area (Å²) in [6.45, 7) is 7.85. The minimum Gasteiger partial charge on any atom is -0.444 e. The predicted octanol–water partition coefficient (Wildman–Crippen LogP) is 1.70. The highest BCUT2D eigenvalue weighted by molar-refractivity contribution is 5.70. The molecule has 0 saturated carbocycles. The van der Waals surface area contributed by atoms with Crippen LogP contribution in [0.4, 0.5) is 4.79 Å². The number of hydrogen-bond donors (Lipinski definition) is 1. The quantitative estimate of drug-likeness (QED) is 0.653. The van der Waals surface area contributed by atoms with Crippen molar-refractivity contribution in [3.8, 4) is 0 Å². The minimum absolute atomic E-state index is 0.0140. The van der Waals surface area contributed by atoms with Crippen LogP contribution >= 0.6 is 0 Å². The van der Waals surface area contributed by atoms with Crippen molar-refractivity contribution in [1.82, 2.24) is 5.32 Å². The molecule has 1 N–H and O–H groups in total. The van der Waals surface area contributed by atoms with Crippen LogP contribution in [0.15, 0.2) is 12.7 Å². The van der Waals surface area contributed by atoms with Gasteiger partial charge >= 0.3 is 6.09 Å². The summed E-state index contributed by atoms with van der Waals surface area (Å²) in [4.78, 5) is 10.8. The first kappa shape index (κ1) is 9.10. The number of rotatable bonds is 3. The molecule has 68 valence electrons. The molecule has 1 heterocycles. The average molecular weight is 169 g/mol. The summed E-state index contributed by atoms with van der Waals surface area (Å²) < 4.78 is 5.05. The molecule has 0 aromatic rings. The van der Waals surface area contributed by atoms with Crippen LogP contribution in [-0.4, -0.2) is 18.2 Å². The largest absolute Gasteiger partial charge is 0.444 e. The Bertz CT molecular complexity index is 189. The molecule has 0 bridgehead atoms. The van der Waals surface area contributed by atoms with E-state index in [1.165, 1.54) is 0 Å². The zero-order valence-corrected chi connectivity index (χ0v) is 7.54. The van der Waals surface area contributed by atoms with Crippen molar-refractivity contribution in [3.63, 3.8) is 0 Å². The molecule has 3 nitrogen and oxygen atoms in total. The molecule has 3 heteroatoms. The summed E-state index contributed by atoms with van der Waals surface area (Å²) in [5.74, 6) is 0.533. The van der Waals surface area contributed by atoms with E-state index in [4.69, 9.17) is 4.74 Å². The van der Waals surface area contributed by atoms with E-state index in [9.17, 15) is 4.79 Å². The second-order valence-electron chi connectivity index (χ2n) is 3.48. The summed E-state index contributed by atoms with van der Waals surface area (Å²) in [5.41, 5.74) is 0.